The van der Waals surface area contributed by atoms with Crippen LogP contribution in [0.3, 0.4) is 0 Å². The number of sulfonamides is 1. The van der Waals surface area contributed by atoms with E-state index in [1.165, 1.54) is 23.9 Å². The summed E-state index contributed by atoms with van der Waals surface area (Å²) in [4.78, 5) is 26.0. The van der Waals surface area contributed by atoms with Crippen LogP contribution in [0.25, 0.3) is 10.9 Å². The van der Waals surface area contributed by atoms with Gasteiger partial charge in [-0.1, -0.05) is 18.6 Å². The molecule has 3 heterocycles. The Bertz CT molecular complexity index is 1580. The van der Waals surface area contributed by atoms with Gasteiger partial charge in [0.05, 0.1) is 17.8 Å². The molecule has 3 aromatic rings. The Kier molecular flexibility index (Phi) is 6.90. The molecule has 1 N–H and O–H groups in total. The molecular weight excluding hydrogens is 508 g/mol. The smallest absolute Gasteiger partial charge is 0.263 e. The van der Waals surface area contributed by atoms with Crippen molar-refractivity contribution in [2.75, 3.05) is 19.7 Å². The SMILES string of the molecule is Cn1c(=O)c(C(=O)NCc2ccc(C#N)cc2)cc2cnnc(OCC3(S(=O)(=O)N4CCCCC4)CC3)c21. The second-order valence-corrected chi connectivity index (χ2v) is 12.1. The summed E-state index contributed by atoms with van der Waals surface area (Å²) >= 11 is 0. The minimum atomic E-state index is -3.52. The maximum absolute atomic E-state index is 13.3. The molecule has 198 valence electrons. The average molecular weight is 537 g/mol. The van der Waals surface area contributed by atoms with E-state index in [-0.39, 0.29) is 24.6 Å². The van der Waals surface area contributed by atoms with Crippen LogP contribution in [0.2, 0.25) is 0 Å². The molecule has 0 spiro atoms. The molecule has 0 atom stereocenters. The number of carbonyl (C=O) groups is 1. The molecule has 1 aliphatic carbocycles. The van der Waals surface area contributed by atoms with Gasteiger partial charge in [0.1, 0.15) is 22.4 Å². The third-order valence-corrected chi connectivity index (χ3v) is 9.92. The second kappa shape index (κ2) is 10.2. The van der Waals surface area contributed by atoms with Gasteiger partial charge in [-0.3, -0.25) is 9.59 Å². The standard InChI is InChI=1S/C26H28N6O5S/c1-31-22-20(13-21(25(31)34)23(33)28-15-19-7-5-18(14-27)6-8-19)16-29-30-24(22)37-17-26(9-10-26)38(35,36)32-11-3-2-4-12-32/h5-8,13,16H,2-4,9-12,15,17H2,1H3,(H,28,33). The number of carbonyl (C=O) groups excluding carboxylic acids is 1. The summed E-state index contributed by atoms with van der Waals surface area (Å²) in [6, 6.07) is 10.2. The van der Waals surface area contributed by atoms with E-state index in [1.54, 1.807) is 28.6 Å². The lowest BCUT2D eigenvalue weighted by molar-refractivity contribution is 0.0949. The molecule has 12 heteroatoms. The first-order valence-corrected chi connectivity index (χ1v) is 13.9. The molecule has 0 bridgehead atoms. The summed E-state index contributed by atoms with van der Waals surface area (Å²) in [6.45, 7) is 1.16. The molecule has 1 saturated carbocycles. The molecule has 0 radical (unpaired) electrons. The van der Waals surface area contributed by atoms with Gasteiger partial charge in [0.2, 0.25) is 10.0 Å². The number of hydrogen-bond acceptors (Lipinski definition) is 8. The highest BCUT2D eigenvalue weighted by molar-refractivity contribution is 7.90. The highest BCUT2D eigenvalue weighted by Gasteiger charge is 2.57. The van der Waals surface area contributed by atoms with Gasteiger partial charge in [0.25, 0.3) is 17.3 Å². The van der Waals surface area contributed by atoms with Crippen molar-refractivity contribution in [1.29, 1.82) is 5.26 Å². The Balaban J connectivity index is 1.35. The van der Waals surface area contributed by atoms with Crippen molar-refractivity contribution in [1.82, 2.24) is 24.4 Å². The fourth-order valence-corrected chi connectivity index (χ4v) is 6.86. The molecule has 1 amide bonds. The first-order chi connectivity index (χ1) is 18.3. The van der Waals surface area contributed by atoms with Gasteiger partial charge in [-0.2, -0.15) is 10.4 Å². The normalized spacial score (nSPS) is 17.1. The maximum atomic E-state index is 13.3. The van der Waals surface area contributed by atoms with Crippen LogP contribution in [-0.2, 0) is 23.6 Å². The minimum Gasteiger partial charge on any atom is -0.473 e. The minimum absolute atomic E-state index is 0.0479. The van der Waals surface area contributed by atoms with Gasteiger partial charge in [-0.15, -0.1) is 5.10 Å². The van der Waals surface area contributed by atoms with Crippen molar-refractivity contribution in [3.05, 3.63) is 63.6 Å². The zero-order valence-electron chi connectivity index (χ0n) is 21.0. The fraction of sp³-hybridized carbons (Fsp3) is 0.423. The van der Waals surface area contributed by atoms with E-state index < -0.39 is 26.2 Å². The van der Waals surface area contributed by atoms with Crippen molar-refractivity contribution < 1.29 is 17.9 Å². The van der Waals surface area contributed by atoms with E-state index in [9.17, 15) is 18.0 Å². The van der Waals surface area contributed by atoms with E-state index in [0.717, 1.165) is 24.8 Å². The highest BCUT2D eigenvalue weighted by atomic mass is 32.2. The Morgan fingerprint density at radius 3 is 2.55 bits per heavy atom. The fourth-order valence-electron chi connectivity index (χ4n) is 4.75. The largest absolute Gasteiger partial charge is 0.473 e. The number of nitrogens with zero attached hydrogens (tertiary/aromatic N) is 5. The first kappa shape index (κ1) is 25.8. The van der Waals surface area contributed by atoms with Crippen molar-refractivity contribution in [2.45, 2.75) is 43.4 Å². The zero-order chi connectivity index (χ0) is 26.9. The van der Waals surface area contributed by atoms with Crippen molar-refractivity contribution in [2.24, 2.45) is 7.05 Å². The summed E-state index contributed by atoms with van der Waals surface area (Å²) < 4.78 is 34.4. The topological polar surface area (TPSA) is 147 Å². The molecule has 1 aliphatic heterocycles. The summed E-state index contributed by atoms with van der Waals surface area (Å²) in [6.07, 6.45) is 5.19. The van der Waals surface area contributed by atoms with Crippen LogP contribution < -0.4 is 15.6 Å². The van der Waals surface area contributed by atoms with Gasteiger partial charge in [0, 0.05) is 32.1 Å². The Hall–Kier alpha value is -3.82. The van der Waals surface area contributed by atoms with Crippen LogP contribution in [0.15, 0.2) is 41.3 Å². The van der Waals surface area contributed by atoms with Crippen molar-refractivity contribution in [3.63, 3.8) is 0 Å². The Morgan fingerprint density at radius 1 is 1.18 bits per heavy atom. The van der Waals surface area contributed by atoms with E-state index in [4.69, 9.17) is 10.00 Å². The molecule has 11 nitrogen and oxygen atoms in total. The average Bonchev–Trinajstić information content (AvgIpc) is 3.75. The number of pyridine rings is 1. The predicted molar refractivity (Wildman–Crippen MR) is 139 cm³/mol. The Labute approximate surface area is 220 Å². The number of aryl methyl sites for hydroxylation is 1. The van der Waals surface area contributed by atoms with Gasteiger partial charge < -0.3 is 14.6 Å². The van der Waals surface area contributed by atoms with Crippen LogP contribution in [0.1, 0.15) is 53.6 Å². The quantitative estimate of drug-likeness (QED) is 0.459. The number of hydrogen-bond donors (Lipinski definition) is 1. The third-order valence-electron chi connectivity index (χ3n) is 7.25. The second-order valence-electron chi connectivity index (χ2n) is 9.80. The number of rotatable bonds is 8. The van der Waals surface area contributed by atoms with Crippen molar-refractivity contribution >= 4 is 26.8 Å². The number of nitrogens with one attached hydrogen (secondary N) is 1. The van der Waals surface area contributed by atoms with Crippen LogP contribution in [0.4, 0.5) is 0 Å². The summed E-state index contributed by atoms with van der Waals surface area (Å²) in [5, 5.41) is 20.1. The molecule has 2 fully saturated rings. The first-order valence-electron chi connectivity index (χ1n) is 12.5. The van der Waals surface area contributed by atoms with Gasteiger partial charge >= 0.3 is 0 Å². The monoisotopic (exact) mass is 536 g/mol. The lowest BCUT2D eigenvalue weighted by atomic mass is 10.1. The number of amides is 1. The molecule has 1 aromatic carbocycles. The number of ether oxygens (including phenoxy) is 1. The molecule has 1 saturated heterocycles. The Morgan fingerprint density at radius 2 is 1.89 bits per heavy atom. The number of piperidine rings is 1. The maximum Gasteiger partial charge on any atom is 0.263 e. The van der Waals surface area contributed by atoms with Crippen LogP contribution >= 0.6 is 0 Å². The number of nitriles is 1. The lowest BCUT2D eigenvalue weighted by Gasteiger charge is -2.30. The third kappa shape index (κ3) is 4.75. The summed E-state index contributed by atoms with van der Waals surface area (Å²) in [7, 11) is -2.01. The summed E-state index contributed by atoms with van der Waals surface area (Å²) in [5.41, 5.74) is 1.01. The number of fused-ring (bicyclic) bond motifs is 1. The van der Waals surface area contributed by atoms with Crippen molar-refractivity contribution in [3.8, 4) is 11.9 Å². The van der Waals surface area contributed by atoms with Gasteiger partial charge in [-0.25, -0.2) is 12.7 Å². The van der Waals surface area contributed by atoms with E-state index in [2.05, 4.69) is 15.5 Å². The molecule has 5 rings (SSSR count). The lowest BCUT2D eigenvalue weighted by Crippen LogP contribution is -2.45. The van der Waals surface area contributed by atoms with E-state index in [1.807, 2.05) is 6.07 Å². The van der Waals surface area contributed by atoms with E-state index >= 15 is 0 Å². The molecule has 2 aromatic heterocycles. The molecule has 38 heavy (non-hydrogen) atoms. The van der Waals surface area contributed by atoms with Crippen LogP contribution in [0.5, 0.6) is 5.88 Å². The van der Waals surface area contributed by atoms with E-state index in [0.29, 0.717) is 42.4 Å². The summed E-state index contributed by atoms with van der Waals surface area (Å²) in [5.74, 6) is -0.507. The molecule has 0 unspecified atom stereocenters. The molecular formula is C26H28N6O5S. The number of aromatic nitrogens is 3. The van der Waals surface area contributed by atoms with Gasteiger partial charge in [0.15, 0.2) is 0 Å². The predicted octanol–water partition coefficient (Wildman–Crippen LogP) is 1.86. The van der Waals surface area contributed by atoms with Crippen LogP contribution in [0, 0.1) is 11.3 Å². The zero-order valence-corrected chi connectivity index (χ0v) is 21.8. The molecule has 2 aliphatic rings. The highest BCUT2D eigenvalue weighted by Crippen LogP contribution is 2.46. The van der Waals surface area contributed by atoms with Gasteiger partial charge in [-0.05, 0) is 49.4 Å². The van der Waals surface area contributed by atoms with Crippen LogP contribution in [-0.4, -0.2) is 57.8 Å². The number of benzene rings is 1.